The number of carbonyl (C=O) groups is 2. The second-order valence-electron chi connectivity index (χ2n) is 8.40. The number of imide groups is 1. The molecule has 0 aliphatic carbocycles. The fraction of sp³-hybridized carbons (Fsp3) is 0.200. The van der Waals surface area contributed by atoms with E-state index in [1.54, 1.807) is 42.5 Å². The molecular formula is C25H24N6O4S2. The van der Waals surface area contributed by atoms with Gasteiger partial charge in [-0.05, 0) is 42.1 Å². The molecule has 12 heteroatoms. The van der Waals surface area contributed by atoms with Crippen molar-refractivity contribution in [3.63, 3.8) is 0 Å². The first kappa shape index (κ1) is 24.9. The van der Waals surface area contributed by atoms with Gasteiger partial charge >= 0.3 is 0 Å². The van der Waals surface area contributed by atoms with Gasteiger partial charge in [0.15, 0.2) is 0 Å². The predicted octanol–water partition coefficient (Wildman–Crippen LogP) is 3.08. The summed E-state index contributed by atoms with van der Waals surface area (Å²) in [5, 5.41) is 1.82. The van der Waals surface area contributed by atoms with Crippen LogP contribution in [0, 0.1) is 0 Å². The van der Waals surface area contributed by atoms with E-state index in [1.165, 1.54) is 4.31 Å². The standard InChI is InChI=1S/C25H24N6O4S2/c1-29(19-8-4-2-5-9-19)22-17-18(16-21-23(32)28-25(33)36-21)26-24(27-22)30-12-14-31(15-13-30)37(34,35)20-10-6-3-7-11-20/h2-11,16-17H,12-15H2,1H3,(H,28,32,33)/b21-16-. The summed E-state index contributed by atoms with van der Waals surface area (Å²) in [6.07, 6.45) is 1.56. The van der Waals surface area contributed by atoms with Crippen LogP contribution in [0.15, 0.2) is 76.5 Å². The molecule has 1 aromatic heterocycles. The lowest BCUT2D eigenvalue weighted by atomic mass is 10.2. The maximum atomic E-state index is 13.0. The monoisotopic (exact) mass is 536 g/mol. The highest BCUT2D eigenvalue weighted by atomic mass is 32.2. The van der Waals surface area contributed by atoms with Crippen molar-refractivity contribution in [1.82, 2.24) is 19.6 Å². The number of carbonyl (C=O) groups excluding carboxylic acids is 2. The molecule has 0 atom stereocenters. The lowest BCUT2D eigenvalue weighted by molar-refractivity contribution is -0.115. The Morgan fingerprint density at radius 2 is 1.59 bits per heavy atom. The van der Waals surface area contributed by atoms with Gasteiger partial charge < -0.3 is 9.80 Å². The summed E-state index contributed by atoms with van der Waals surface area (Å²) in [5.74, 6) is 0.545. The van der Waals surface area contributed by atoms with Crippen LogP contribution < -0.4 is 15.1 Å². The molecule has 2 aromatic carbocycles. The first-order chi connectivity index (χ1) is 17.8. The van der Waals surface area contributed by atoms with Gasteiger partial charge in [0.2, 0.25) is 16.0 Å². The fourth-order valence-corrected chi connectivity index (χ4v) is 6.15. The topological polar surface area (TPSA) is 116 Å². The minimum Gasteiger partial charge on any atom is -0.338 e. The molecule has 2 saturated heterocycles. The Morgan fingerprint density at radius 1 is 0.946 bits per heavy atom. The molecule has 5 rings (SSSR count). The molecule has 2 fully saturated rings. The van der Waals surface area contributed by atoms with Crippen LogP contribution in [-0.4, -0.2) is 67.1 Å². The van der Waals surface area contributed by atoms with Gasteiger partial charge in [0.25, 0.3) is 11.1 Å². The van der Waals surface area contributed by atoms with Gasteiger partial charge in [-0.15, -0.1) is 0 Å². The Balaban J connectivity index is 1.43. The van der Waals surface area contributed by atoms with Crippen LogP contribution in [0.5, 0.6) is 0 Å². The molecule has 0 unspecified atom stereocenters. The van der Waals surface area contributed by atoms with Crippen molar-refractivity contribution >= 4 is 56.5 Å². The quantitative estimate of drug-likeness (QED) is 0.475. The van der Waals surface area contributed by atoms with Gasteiger partial charge in [-0.25, -0.2) is 13.4 Å². The zero-order chi connectivity index (χ0) is 26.0. The molecule has 3 heterocycles. The molecule has 37 heavy (non-hydrogen) atoms. The van der Waals surface area contributed by atoms with Crippen molar-refractivity contribution in [3.05, 3.63) is 77.3 Å². The van der Waals surface area contributed by atoms with E-state index >= 15 is 0 Å². The number of rotatable bonds is 6. The smallest absolute Gasteiger partial charge is 0.290 e. The first-order valence-corrected chi connectivity index (χ1v) is 13.8. The predicted molar refractivity (Wildman–Crippen MR) is 143 cm³/mol. The molecule has 10 nitrogen and oxygen atoms in total. The maximum Gasteiger partial charge on any atom is 0.290 e. The van der Waals surface area contributed by atoms with E-state index in [4.69, 9.17) is 4.98 Å². The highest BCUT2D eigenvalue weighted by Gasteiger charge is 2.30. The summed E-state index contributed by atoms with van der Waals surface area (Å²) in [5.41, 5.74) is 1.38. The van der Waals surface area contributed by atoms with Crippen LogP contribution in [0.2, 0.25) is 0 Å². The molecule has 2 aliphatic heterocycles. The number of nitrogens with one attached hydrogen (secondary N) is 1. The van der Waals surface area contributed by atoms with E-state index in [-0.39, 0.29) is 22.9 Å². The Hall–Kier alpha value is -3.74. The SMILES string of the molecule is CN(c1ccccc1)c1cc(/C=C2\SC(=O)NC2=O)nc(N2CCN(S(=O)(=O)c3ccccc3)CC2)n1. The van der Waals surface area contributed by atoms with E-state index in [9.17, 15) is 18.0 Å². The summed E-state index contributed by atoms with van der Waals surface area (Å²) in [6, 6.07) is 19.8. The number of sulfonamides is 1. The van der Waals surface area contributed by atoms with E-state index in [2.05, 4.69) is 10.3 Å². The molecule has 0 radical (unpaired) electrons. The molecule has 0 spiro atoms. The van der Waals surface area contributed by atoms with Gasteiger partial charge in [0.1, 0.15) is 5.82 Å². The summed E-state index contributed by atoms with van der Waals surface area (Å²) in [6.45, 7) is 1.35. The van der Waals surface area contributed by atoms with Crippen molar-refractivity contribution in [2.45, 2.75) is 4.90 Å². The largest absolute Gasteiger partial charge is 0.338 e. The zero-order valence-electron chi connectivity index (χ0n) is 19.9. The normalized spacial score (nSPS) is 17.8. The van der Waals surface area contributed by atoms with E-state index in [0.29, 0.717) is 30.5 Å². The first-order valence-electron chi connectivity index (χ1n) is 11.5. The van der Waals surface area contributed by atoms with Crippen molar-refractivity contribution in [3.8, 4) is 0 Å². The van der Waals surface area contributed by atoms with Crippen LogP contribution in [0.3, 0.4) is 0 Å². The molecular weight excluding hydrogens is 512 g/mol. The number of nitrogens with zero attached hydrogens (tertiary/aromatic N) is 5. The zero-order valence-corrected chi connectivity index (χ0v) is 21.6. The second-order valence-corrected chi connectivity index (χ2v) is 11.4. The van der Waals surface area contributed by atoms with Crippen molar-refractivity contribution < 1.29 is 18.0 Å². The van der Waals surface area contributed by atoms with Crippen molar-refractivity contribution in [2.24, 2.45) is 0 Å². The third-order valence-electron chi connectivity index (χ3n) is 6.03. The Bertz CT molecular complexity index is 1460. The van der Waals surface area contributed by atoms with Gasteiger partial charge in [-0.2, -0.15) is 9.29 Å². The lowest BCUT2D eigenvalue weighted by Gasteiger charge is -2.34. The van der Waals surface area contributed by atoms with Crippen molar-refractivity contribution in [1.29, 1.82) is 0 Å². The number of aromatic nitrogens is 2. The Morgan fingerprint density at radius 3 is 2.22 bits per heavy atom. The highest BCUT2D eigenvalue weighted by molar-refractivity contribution is 8.18. The van der Waals surface area contributed by atoms with Gasteiger partial charge in [0, 0.05) is 45.0 Å². The average Bonchev–Trinajstić information content (AvgIpc) is 3.25. The van der Waals surface area contributed by atoms with Crippen LogP contribution in [-0.2, 0) is 14.8 Å². The lowest BCUT2D eigenvalue weighted by Crippen LogP contribution is -2.49. The number of para-hydroxylation sites is 1. The van der Waals surface area contributed by atoms with Crippen LogP contribution in [0.1, 0.15) is 5.69 Å². The molecule has 3 aromatic rings. The maximum absolute atomic E-state index is 13.0. The van der Waals surface area contributed by atoms with Crippen molar-refractivity contribution in [2.75, 3.05) is 43.0 Å². The van der Waals surface area contributed by atoms with Crippen LogP contribution >= 0.6 is 11.8 Å². The molecule has 2 amide bonds. The number of piperazine rings is 1. The third-order valence-corrected chi connectivity index (χ3v) is 8.75. The Labute approximate surface area is 219 Å². The summed E-state index contributed by atoms with van der Waals surface area (Å²) < 4.78 is 27.5. The molecule has 1 N–H and O–H groups in total. The van der Waals surface area contributed by atoms with Crippen LogP contribution in [0.25, 0.3) is 6.08 Å². The average molecular weight is 537 g/mol. The number of hydrogen-bond acceptors (Lipinski definition) is 9. The highest BCUT2D eigenvalue weighted by Crippen LogP contribution is 2.29. The number of benzene rings is 2. The molecule has 190 valence electrons. The molecule has 0 saturated carbocycles. The number of hydrogen-bond donors (Lipinski definition) is 1. The molecule has 2 aliphatic rings. The summed E-state index contributed by atoms with van der Waals surface area (Å²) >= 11 is 0.822. The minimum atomic E-state index is -3.59. The minimum absolute atomic E-state index is 0.252. The molecule has 0 bridgehead atoms. The second kappa shape index (κ2) is 10.3. The van der Waals surface area contributed by atoms with Gasteiger partial charge in [-0.3, -0.25) is 14.9 Å². The Kier molecular flexibility index (Phi) is 6.96. The fourth-order valence-electron chi connectivity index (χ4n) is 4.04. The van der Waals surface area contributed by atoms with E-state index in [1.807, 2.05) is 47.2 Å². The number of anilines is 3. The summed E-state index contributed by atoms with van der Waals surface area (Å²) in [4.78, 5) is 37.5. The van der Waals surface area contributed by atoms with E-state index < -0.39 is 21.2 Å². The van der Waals surface area contributed by atoms with Gasteiger partial charge in [0.05, 0.1) is 15.5 Å². The van der Waals surface area contributed by atoms with Gasteiger partial charge in [-0.1, -0.05) is 36.4 Å². The number of thioether (sulfide) groups is 1. The summed E-state index contributed by atoms with van der Waals surface area (Å²) in [7, 11) is -1.71. The van der Waals surface area contributed by atoms with Crippen LogP contribution in [0.4, 0.5) is 22.2 Å². The third kappa shape index (κ3) is 5.36. The van der Waals surface area contributed by atoms with E-state index in [0.717, 1.165) is 17.4 Å². The number of amides is 2.